The van der Waals surface area contributed by atoms with Gasteiger partial charge in [-0.3, -0.25) is 14.5 Å². The van der Waals surface area contributed by atoms with Gasteiger partial charge in [0.05, 0.1) is 11.9 Å². The number of piperazine rings is 1. The van der Waals surface area contributed by atoms with Crippen LogP contribution in [0.5, 0.6) is 0 Å². The van der Waals surface area contributed by atoms with Crippen LogP contribution in [-0.2, 0) is 7.05 Å². The van der Waals surface area contributed by atoms with E-state index in [1.54, 1.807) is 35.5 Å². The van der Waals surface area contributed by atoms with Crippen molar-refractivity contribution in [2.45, 2.75) is 0 Å². The second-order valence-corrected chi connectivity index (χ2v) is 7.91. The molecule has 4 aromatic rings. The normalized spacial score (nSPS) is 14.6. The number of amides is 1. The van der Waals surface area contributed by atoms with Gasteiger partial charge in [0.1, 0.15) is 17.3 Å². The van der Waals surface area contributed by atoms with Crippen molar-refractivity contribution in [2.75, 3.05) is 43.4 Å². The first-order chi connectivity index (χ1) is 15.5. The maximum atomic E-state index is 12.9. The second-order valence-electron chi connectivity index (χ2n) is 7.91. The summed E-state index contributed by atoms with van der Waals surface area (Å²) in [5.41, 5.74) is 1.94. The highest BCUT2D eigenvalue weighted by atomic mass is 16.1. The number of likely N-dealkylation sites (N-methyl/N-ethyl adjacent to an activating group) is 1. The highest BCUT2D eigenvalue weighted by molar-refractivity contribution is 6.05. The predicted octanol–water partition coefficient (Wildman–Crippen LogP) is 1.82. The van der Waals surface area contributed by atoms with Crippen molar-refractivity contribution < 1.29 is 4.79 Å². The number of fused-ring (bicyclic) bond motifs is 1. The molecule has 0 atom stereocenters. The highest BCUT2D eigenvalue weighted by Gasteiger charge is 2.17. The molecule has 10 nitrogen and oxygen atoms in total. The van der Waals surface area contributed by atoms with Gasteiger partial charge in [0, 0.05) is 62.8 Å². The third-order valence-corrected chi connectivity index (χ3v) is 5.54. The summed E-state index contributed by atoms with van der Waals surface area (Å²) in [5.74, 6) is 1.06. The third kappa shape index (κ3) is 4.12. The lowest BCUT2D eigenvalue weighted by Gasteiger charge is -2.33. The number of anilines is 2. The Morgan fingerprint density at radius 3 is 2.53 bits per heavy atom. The summed E-state index contributed by atoms with van der Waals surface area (Å²) in [6.45, 7) is 3.74. The monoisotopic (exact) mass is 429 g/mol. The minimum absolute atomic E-state index is 0.224. The molecule has 0 saturated carbocycles. The van der Waals surface area contributed by atoms with Crippen molar-refractivity contribution in [2.24, 2.45) is 7.05 Å². The smallest absolute Gasteiger partial charge is 0.257 e. The first-order valence-electron chi connectivity index (χ1n) is 10.4. The molecule has 0 unspecified atom stereocenters. The van der Waals surface area contributed by atoms with Crippen molar-refractivity contribution in [1.82, 2.24) is 34.8 Å². The molecule has 1 saturated heterocycles. The number of aryl methyl sites for hydroxylation is 1. The van der Waals surface area contributed by atoms with E-state index in [1.807, 2.05) is 25.2 Å². The molecule has 32 heavy (non-hydrogen) atoms. The van der Waals surface area contributed by atoms with Crippen LogP contribution in [0.1, 0.15) is 10.4 Å². The fraction of sp³-hybridized carbons (Fsp3) is 0.273. The lowest BCUT2D eigenvalue weighted by atomic mass is 10.1. The second kappa shape index (κ2) is 8.31. The molecule has 5 heterocycles. The molecule has 10 heteroatoms. The maximum absolute atomic E-state index is 12.9. The highest BCUT2D eigenvalue weighted by Crippen LogP contribution is 2.22. The van der Waals surface area contributed by atoms with Crippen LogP contribution < -0.4 is 10.2 Å². The quantitative estimate of drug-likeness (QED) is 0.524. The molecule has 0 radical (unpaired) electrons. The van der Waals surface area contributed by atoms with Crippen LogP contribution >= 0.6 is 0 Å². The maximum Gasteiger partial charge on any atom is 0.257 e. The van der Waals surface area contributed by atoms with Gasteiger partial charge in [0.15, 0.2) is 0 Å². The van der Waals surface area contributed by atoms with Crippen LogP contribution in [-0.4, -0.2) is 74.0 Å². The number of pyridine rings is 3. The van der Waals surface area contributed by atoms with E-state index < -0.39 is 0 Å². The summed E-state index contributed by atoms with van der Waals surface area (Å²) >= 11 is 0. The first kappa shape index (κ1) is 20.0. The van der Waals surface area contributed by atoms with Gasteiger partial charge in [-0.1, -0.05) is 5.21 Å². The molecule has 5 rings (SSSR count). The van der Waals surface area contributed by atoms with Gasteiger partial charge in [0.2, 0.25) is 0 Å². The van der Waals surface area contributed by atoms with E-state index in [0.717, 1.165) is 42.8 Å². The fourth-order valence-electron chi connectivity index (χ4n) is 3.67. The van der Waals surface area contributed by atoms with E-state index in [-0.39, 0.29) is 5.91 Å². The number of hydrogen-bond donors (Lipinski definition) is 1. The van der Waals surface area contributed by atoms with Crippen LogP contribution in [0, 0.1) is 0 Å². The predicted molar refractivity (Wildman–Crippen MR) is 121 cm³/mol. The van der Waals surface area contributed by atoms with E-state index in [1.165, 1.54) is 0 Å². The van der Waals surface area contributed by atoms with Crippen LogP contribution in [0.2, 0.25) is 0 Å². The number of hydrogen-bond acceptors (Lipinski definition) is 8. The molecule has 0 aliphatic carbocycles. The van der Waals surface area contributed by atoms with Gasteiger partial charge in [-0.25, -0.2) is 9.97 Å². The Morgan fingerprint density at radius 1 is 0.938 bits per heavy atom. The topological polar surface area (TPSA) is 105 Å². The zero-order valence-electron chi connectivity index (χ0n) is 17.9. The summed E-state index contributed by atoms with van der Waals surface area (Å²) in [6.07, 6.45) is 6.92. The zero-order valence-corrected chi connectivity index (χ0v) is 17.9. The molecule has 0 bridgehead atoms. The largest absolute Gasteiger partial charge is 0.354 e. The Balaban J connectivity index is 1.36. The first-order valence-corrected chi connectivity index (χ1v) is 10.4. The number of aromatic nitrogens is 6. The summed E-state index contributed by atoms with van der Waals surface area (Å²) in [7, 11) is 3.92. The van der Waals surface area contributed by atoms with Crippen molar-refractivity contribution >= 4 is 28.3 Å². The van der Waals surface area contributed by atoms with Crippen LogP contribution in [0.3, 0.4) is 0 Å². The van der Waals surface area contributed by atoms with Gasteiger partial charge >= 0.3 is 0 Å². The van der Waals surface area contributed by atoms with E-state index in [9.17, 15) is 4.79 Å². The van der Waals surface area contributed by atoms with Crippen LogP contribution in [0.15, 0.2) is 49.1 Å². The molecule has 4 aromatic heterocycles. The number of nitrogens with zero attached hydrogens (tertiary/aromatic N) is 8. The molecule has 1 fully saturated rings. The number of carbonyl (C=O) groups excluding carboxylic acids is 1. The van der Waals surface area contributed by atoms with Gasteiger partial charge in [-0.2, -0.15) is 0 Å². The Bertz CT molecular complexity index is 1280. The SMILES string of the molecule is CN1CCN(c2cc(C(=O)Nc3cc4cc(-c5cn(C)nn5)ncc4cn3)ccn2)CC1. The van der Waals surface area contributed by atoms with E-state index in [4.69, 9.17) is 0 Å². The van der Waals surface area contributed by atoms with Gasteiger partial charge in [-0.05, 0) is 36.7 Å². The van der Waals surface area contributed by atoms with Gasteiger partial charge in [-0.15, -0.1) is 5.10 Å². The fourth-order valence-corrected chi connectivity index (χ4v) is 3.67. The standard InChI is InChI=1S/C22H23N9O/c1-29-5-7-31(8-6-29)21-11-15(3-4-23-21)22(32)26-20-10-16-9-18(19-14-30(2)28-27-19)24-12-17(16)13-25-20/h3-4,9-14H,5-8H2,1-2H3,(H,25,26,32). The molecular formula is C22H23N9O. The van der Waals surface area contributed by atoms with E-state index in [2.05, 4.69) is 47.4 Å². The minimum atomic E-state index is -0.224. The summed E-state index contributed by atoms with van der Waals surface area (Å²) < 4.78 is 1.63. The molecule has 1 aliphatic rings. The summed E-state index contributed by atoms with van der Waals surface area (Å²) in [4.78, 5) is 30.6. The summed E-state index contributed by atoms with van der Waals surface area (Å²) in [6, 6.07) is 7.29. The van der Waals surface area contributed by atoms with Gasteiger partial charge in [0.25, 0.3) is 5.91 Å². The van der Waals surface area contributed by atoms with E-state index >= 15 is 0 Å². The molecule has 1 N–H and O–H groups in total. The van der Waals surface area contributed by atoms with Crippen molar-refractivity contribution in [3.8, 4) is 11.4 Å². The lowest BCUT2D eigenvalue weighted by molar-refractivity contribution is 0.102. The van der Waals surface area contributed by atoms with E-state index in [0.29, 0.717) is 22.8 Å². The third-order valence-electron chi connectivity index (χ3n) is 5.54. The zero-order chi connectivity index (χ0) is 22.1. The van der Waals surface area contributed by atoms with Crippen LogP contribution in [0.4, 0.5) is 11.6 Å². The average molecular weight is 429 g/mol. The Morgan fingerprint density at radius 2 is 1.75 bits per heavy atom. The summed E-state index contributed by atoms with van der Waals surface area (Å²) in [5, 5.41) is 12.7. The Hall–Kier alpha value is -3.92. The number of rotatable bonds is 4. The molecule has 1 aliphatic heterocycles. The molecule has 0 spiro atoms. The molecule has 1 amide bonds. The van der Waals surface area contributed by atoms with Gasteiger partial charge < -0.3 is 15.1 Å². The van der Waals surface area contributed by atoms with Crippen molar-refractivity contribution in [3.05, 3.63) is 54.6 Å². The number of carbonyl (C=O) groups is 1. The Labute approximate surface area is 184 Å². The molecular weight excluding hydrogens is 406 g/mol. The van der Waals surface area contributed by atoms with Crippen molar-refractivity contribution in [1.29, 1.82) is 0 Å². The molecule has 162 valence electrons. The molecule has 0 aromatic carbocycles. The van der Waals surface area contributed by atoms with Crippen molar-refractivity contribution in [3.63, 3.8) is 0 Å². The Kier molecular flexibility index (Phi) is 5.20. The lowest BCUT2D eigenvalue weighted by Crippen LogP contribution is -2.44. The number of nitrogens with one attached hydrogen (secondary N) is 1. The minimum Gasteiger partial charge on any atom is -0.354 e. The average Bonchev–Trinajstić information content (AvgIpc) is 3.25. The van der Waals surface area contributed by atoms with Crippen LogP contribution in [0.25, 0.3) is 22.2 Å².